The van der Waals surface area contributed by atoms with E-state index in [9.17, 15) is 4.79 Å². The Bertz CT molecular complexity index is 1060. The molecule has 0 aliphatic heterocycles. The summed E-state index contributed by atoms with van der Waals surface area (Å²) in [4.78, 5) is 20.7. The highest BCUT2D eigenvalue weighted by atomic mass is 32.1. The minimum atomic E-state index is -0.109. The van der Waals surface area contributed by atoms with Gasteiger partial charge < -0.3 is 10.1 Å². The van der Waals surface area contributed by atoms with Crippen LogP contribution in [0.15, 0.2) is 66.3 Å². The summed E-state index contributed by atoms with van der Waals surface area (Å²) in [6.07, 6.45) is 1.51. The van der Waals surface area contributed by atoms with E-state index in [2.05, 4.69) is 32.8 Å². The maximum absolute atomic E-state index is 11.1. The van der Waals surface area contributed by atoms with Crippen LogP contribution in [0, 0.1) is 0 Å². The van der Waals surface area contributed by atoms with Crippen LogP contribution in [-0.4, -0.2) is 15.9 Å². The smallest absolute Gasteiger partial charge is 0.231 e. The summed E-state index contributed by atoms with van der Waals surface area (Å²) in [6.45, 7) is 1.48. The average Bonchev–Trinajstić information content (AvgIpc) is 3.09. The molecular weight excluding hydrogens is 346 g/mol. The molecule has 0 aliphatic carbocycles. The van der Waals surface area contributed by atoms with E-state index < -0.39 is 0 Å². The zero-order valence-corrected chi connectivity index (χ0v) is 14.8. The Hall–Kier alpha value is -3.25. The Kier molecular flexibility index (Phi) is 4.33. The third-order valence-corrected chi connectivity index (χ3v) is 4.70. The molecule has 26 heavy (non-hydrogen) atoms. The van der Waals surface area contributed by atoms with Gasteiger partial charge in [0.1, 0.15) is 16.9 Å². The Morgan fingerprint density at radius 3 is 2.54 bits per heavy atom. The van der Waals surface area contributed by atoms with Crippen molar-refractivity contribution in [1.29, 1.82) is 0 Å². The zero-order valence-electron chi connectivity index (χ0n) is 14.0. The van der Waals surface area contributed by atoms with E-state index in [0.29, 0.717) is 11.6 Å². The van der Waals surface area contributed by atoms with Gasteiger partial charge in [0.25, 0.3) is 0 Å². The number of carbonyl (C=O) groups is 1. The number of ether oxygens (including phenoxy) is 1. The number of benzene rings is 2. The lowest BCUT2D eigenvalue weighted by molar-refractivity contribution is -0.114. The molecule has 4 rings (SSSR count). The van der Waals surface area contributed by atoms with Crippen LogP contribution in [0.25, 0.3) is 21.3 Å². The van der Waals surface area contributed by atoms with E-state index in [1.165, 1.54) is 13.3 Å². The van der Waals surface area contributed by atoms with E-state index in [1.807, 2.05) is 18.2 Å². The Balaban J connectivity index is 1.71. The minimum Gasteiger partial charge on any atom is -0.438 e. The molecule has 0 aliphatic rings. The molecule has 6 heteroatoms. The molecular formula is C20H15N3O2S. The molecule has 0 atom stereocenters. The molecule has 2 aromatic carbocycles. The van der Waals surface area contributed by atoms with Crippen molar-refractivity contribution in [3.63, 3.8) is 0 Å². The summed E-state index contributed by atoms with van der Waals surface area (Å²) < 4.78 is 6.01. The van der Waals surface area contributed by atoms with Gasteiger partial charge in [-0.25, -0.2) is 9.97 Å². The Morgan fingerprint density at radius 2 is 1.81 bits per heavy atom. The van der Waals surface area contributed by atoms with Crippen LogP contribution in [0.5, 0.6) is 11.6 Å². The van der Waals surface area contributed by atoms with Crippen LogP contribution in [0.3, 0.4) is 0 Å². The highest BCUT2D eigenvalue weighted by Crippen LogP contribution is 2.38. The molecule has 128 valence electrons. The first-order valence-electron chi connectivity index (χ1n) is 8.04. The predicted octanol–water partition coefficient (Wildman–Crippen LogP) is 5.11. The molecule has 0 saturated heterocycles. The summed E-state index contributed by atoms with van der Waals surface area (Å²) in [5.74, 6) is 1.05. The number of nitrogens with one attached hydrogen (secondary N) is 1. The Labute approximate surface area is 154 Å². The van der Waals surface area contributed by atoms with E-state index in [-0.39, 0.29) is 5.91 Å². The molecule has 4 aromatic rings. The van der Waals surface area contributed by atoms with Crippen molar-refractivity contribution in [3.8, 4) is 22.8 Å². The second-order valence-electron chi connectivity index (χ2n) is 5.68. The second-order valence-corrected chi connectivity index (χ2v) is 6.54. The summed E-state index contributed by atoms with van der Waals surface area (Å²) in [7, 11) is 0. The third-order valence-electron chi connectivity index (χ3n) is 3.81. The monoisotopic (exact) mass is 361 g/mol. The molecule has 0 bridgehead atoms. The van der Waals surface area contributed by atoms with Crippen LogP contribution in [0.1, 0.15) is 6.92 Å². The maximum Gasteiger partial charge on any atom is 0.231 e. The number of nitrogens with zero attached hydrogens (tertiary/aromatic N) is 2. The molecule has 0 spiro atoms. The first kappa shape index (κ1) is 16.2. The van der Waals surface area contributed by atoms with Gasteiger partial charge in [0.2, 0.25) is 11.8 Å². The van der Waals surface area contributed by atoms with E-state index >= 15 is 0 Å². The lowest BCUT2D eigenvalue weighted by Crippen LogP contribution is -2.05. The largest absolute Gasteiger partial charge is 0.438 e. The van der Waals surface area contributed by atoms with Gasteiger partial charge >= 0.3 is 0 Å². The van der Waals surface area contributed by atoms with Crippen molar-refractivity contribution < 1.29 is 9.53 Å². The summed E-state index contributed by atoms with van der Waals surface area (Å²) in [6, 6.07) is 17.3. The second kappa shape index (κ2) is 6.93. The fraction of sp³-hybridized carbons (Fsp3) is 0.0500. The summed E-state index contributed by atoms with van der Waals surface area (Å²) in [5.41, 5.74) is 2.87. The van der Waals surface area contributed by atoms with Gasteiger partial charge in [-0.05, 0) is 29.8 Å². The molecule has 0 saturated carbocycles. The number of amides is 1. The number of hydrogen-bond acceptors (Lipinski definition) is 5. The van der Waals surface area contributed by atoms with Crippen LogP contribution in [0.4, 0.5) is 5.69 Å². The van der Waals surface area contributed by atoms with E-state index in [0.717, 1.165) is 27.0 Å². The number of hydrogen-bond donors (Lipinski definition) is 1. The first-order valence-corrected chi connectivity index (χ1v) is 8.92. The van der Waals surface area contributed by atoms with Crippen LogP contribution >= 0.6 is 11.3 Å². The number of anilines is 1. The fourth-order valence-electron chi connectivity index (χ4n) is 2.68. The van der Waals surface area contributed by atoms with Crippen molar-refractivity contribution in [2.24, 2.45) is 0 Å². The minimum absolute atomic E-state index is 0.109. The lowest BCUT2D eigenvalue weighted by atomic mass is 10.1. The lowest BCUT2D eigenvalue weighted by Gasteiger charge is -2.08. The number of fused-ring (bicyclic) bond motifs is 1. The molecule has 2 heterocycles. The molecule has 0 radical (unpaired) electrons. The normalized spacial score (nSPS) is 10.7. The number of carbonyl (C=O) groups excluding carboxylic acids is 1. The summed E-state index contributed by atoms with van der Waals surface area (Å²) in [5, 5.41) is 5.70. The topological polar surface area (TPSA) is 64.1 Å². The molecule has 5 nitrogen and oxygen atoms in total. The van der Waals surface area contributed by atoms with Gasteiger partial charge in [-0.15, -0.1) is 11.3 Å². The predicted molar refractivity (Wildman–Crippen MR) is 104 cm³/mol. The zero-order chi connectivity index (χ0) is 17.9. The molecule has 1 amide bonds. The highest BCUT2D eigenvalue weighted by Gasteiger charge is 2.14. The Morgan fingerprint density at radius 1 is 1.04 bits per heavy atom. The van der Waals surface area contributed by atoms with Gasteiger partial charge in [-0.2, -0.15) is 0 Å². The standard InChI is InChI=1S/C20H15N3O2S/c1-13(24)23-15-7-9-16(10-8-15)25-19-18-17(14-5-3-2-4-6-14)11-26-20(18)22-12-21-19/h2-12H,1H3,(H,23,24). The number of thiophene rings is 1. The van der Waals surface area contributed by atoms with Gasteiger partial charge in [0.15, 0.2) is 0 Å². The van der Waals surface area contributed by atoms with Crippen molar-refractivity contribution in [1.82, 2.24) is 9.97 Å². The molecule has 0 unspecified atom stereocenters. The third kappa shape index (κ3) is 3.27. The quantitative estimate of drug-likeness (QED) is 0.549. The van der Waals surface area contributed by atoms with Crippen molar-refractivity contribution >= 4 is 33.1 Å². The van der Waals surface area contributed by atoms with Crippen LogP contribution < -0.4 is 10.1 Å². The average molecular weight is 361 g/mol. The van der Waals surface area contributed by atoms with Crippen LogP contribution in [0.2, 0.25) is 0 Å². The first-order chi connectivity index (χ1) is 12.7. The molecule has 2 aromatic heterocycles. The van der Waals surface area contributed by atoms with Gasteiger partial charge in [0.05, 0.1) is 5.39 Å². The van der Waals surface area contributed by atoms with Gasteiger partial charge in [-0.1, -0.05) is 30.3 Å². The van der Waals surface area contributed by atoms with E-state index in [4.69, 9.17) is 4.74 Å². The molecule has 0 fully saturated rings. The van der Waals surface area contributed by atoms with Crippen molar-refractivity contribution in [2.45, 2.75) is 6.92 Å². The van der Waals surface area contributed by atoms with Crippen molar-refractivity contribution in [3.05, 3.63) is 66.3 Å². The SMILES string of the molecule is CC(=O)Nc1ccc(Oc2ncnc3scc(-c4ccccc4)c23)cc1. The summed E-state index contributed by atoms with van der Waals surface area (Å²) >= 11 is 1.56. The van der Waals surface area contributed by atoms with E-state index in [1.54, 1.807) is 35.6 Å². The van der Waals surface area contributed by atoms with Gasteiger partial charge in [-0.3, -0.25) is 4.79 Å². The van der Waals surface area contributed by atoms with Gasteiger partial charge in [0, 0.05) is 23.6 Å². The number of rotatable bonds is 4. The molecule has 1 N–H and O–H groups in total. The highest BCUT2D eigenvalue weighted by molar-refractivity contribution is 7.17. The van der Waals surface area contributed by atoms with Crippen molar-refractivity contribution in [2.75, 3.05) is 5.32 Å². The van der Waals surface area contributed by atoms with Crippen LogP contribution in [-0.2, 0) is 4.79 Å². The fourth-order valence-corrected chi connectivity index (χ4v) is 3.58. The maximum atomic E-state index is 11.1. The number of aromatic nitrogens is 2.